The fourth-order valence-electron chi connectivity index (χ4n) is 1.67. The molecule has 0 heterocycles. The van der Waals surface area contributed by atoms with Crippen LogP contribution in [0.5, 0.6) is 5.75 Å². The van der Waals surface area contributed by atoms with E-state index in [9.17, 15) is 13.2 Å². The van der Waals surface area contributed by atoms with Gasteiger partial charge in [-0.2, -0.15) is 5.26 Å². The molecule has 20 heavy (non-hydrogen) atoms. The number of hydrogen-bond acceptors (Lipinski definition) is 2. The van der Waals surface area contributed by atoms with Gasteiger partial charge in [0.25, 0.3) is 0 Å². The maximum Gasteiger partial charge on any atom is 0.573 e. The maximum atomic E-state index is 12.2. The Hall–Kier alpha value is -2.19. The van der Waals surface area contributed by atoms with Gasteiger partial charge in [0, 0.05) is 5.02 Å². The number of halogens is 4. The lowest BCUT2D eigenvalue weighted by molar-refractivity contribution is -0.274. The predicted molar refractivity (Wildman–Crippen MR) is 68.3 cm³/mol. The molecule has 0 N–H and O–H groups in total. The Labute approximate surface area is 118 Å². The van der Waals surface area contributed by atoms with E-state index < -0.39 is 12.1 Å². The van der Waals surface area contributed by atoms with Crippen LogP contribution >= 0.6 is 11.6 Å². The third-order valence-corrected chi connectivity index (χ3v) is 2.70. The van der Waals surface area contributed by atoms with Crippen LogP contribution in [-0.4, -0.2) is 6.36 Å². The summed E-state index contributed by atoms with van der Waals surface area (Å²) in [5.74, 6) is -0.429. The molecule has 2 aromatic rings. The molecule has 0 atom stereocenters. The van der Waals surface area contributed by atoms with Crippen molar-refractivity contribution in [3.63, 3.8) is 0 Å². The summed E-state index contributed by atoms with van der Waals surface area (Å²) in [5.41, 5.74) is 1.16. The van der Waals surface area contributed by atoms with Crippen molar-refractivity contribution < 1.29 is 17.9 Å². The molecule has 0 aromatic heterocycles. The second-order valence-electron chi connectivity index (χ2n) is 3.91. The number of nitrogens with zero attached hydrogens (tertiary/aromatic N) is 1. The van der Waals surface area contributed by atoms with Crippen LogP contribution in [0.15, 0.2) is 42.5 Å². The fraction of sp³-hybridized carbons (Fsp3) is 0.0714. The predicted octanol–water partition coefficient (Wildman–Crippen LogP) is 4.78. The van der Waals surface area contributed by atoms with Crippen LogP contribution in [0.4, 0.5) is 13.2 Å². The molecule has 0 fully saturated rings. The highest BCUT2D eigenvalue weighted by Gasteiger charge is 2.31. The first-order chi connectivity index (χ1) is 9.37. The van der Waals surface area contributed by atoms with Crippen molar-refractivity contribution in [2.45, 2.75) is 6.36 Å². The Morgan fingerprint density at radius 2 is 1.65 bits per heavy atom. The second kappa shape index (κ2) is 5.43. The van der Waals surface area contributed by atoms with Gasteiger partial charge in [-0.1, -0.05) is 23.7 Å². The highest BCUT2D eigenvalue weighted by molar-refractivity contribution is 6.30. The Balaban J connectivity index is 2.46. The molecule has 0 saturated heterocycles. The molecule has 0 amide bonds. The van der Waals surface area contributed by atoms with Crippen molar-refractivity contribution in [2.75, 3.05) is 0 Å². The molecule has 2 rings (SSSR count). The summed E-state index contributed by atoms with van der Waals surface area (Å²) in [4.78, 5) is 0. The molecule has 0 spiro atoms. The zero-order chi connectivity index (χ0) is 14.8. The lowest BCUT2D eigenvalue weighted by Crippen LogP contribution is -2.17. The quantitative estimate of drug-likeness (QED) is 0.799. The van der Waals surface area contributed by atoms with Crippen molar-refractivity contribution >= 4 is 11.6 Å². The number of rotatable bonds is 2. The molecule has 0 aliphatic carbocycles. The van der Waals surface area contributed by atoms with Crippen LogP contribution < -0.4 is 4.74 Å². The third kappa shape index (κ3) is 3.65. The van der Waals surface area contributed by atoms with Crippen LogP contribution in [0.3, 0.4) is 0 Å². The molecule has 6 heteroatoms. The van der Waals surface area contributed by atoms with Gasteiger partial charge in [0.1, 0.15) is 5.75 Å². The zero-order valence-electron chi connectivity index (χ0n) is 9.91. The van der Waals surface area contributed by atoms with Crippen molar-refractivity contribution in [1.82, 2.24) is 0 Å². The van der Waals surface area contributed by atoms with Crippen LogP contribution in [0.1, 0.15) is 5.56 Å². The highest BCUT2D eigenvalue weighted by atomic mass is 35.5. The minimum absolute atomic E-state index is 0.0803. The van der Waals surface area contributed by atoms with Gasteiger partial charge in [0.05, 0.1) is 11.6 Å². The van der Waals surface area contributed by atoms with Crippen LogP contribution in [0.2, 0.25) is 5.02 Å². The van der Waals surface area contributed by atoms with Crippen LogP contribution in [0.25, 0.3) is 11.1 Å². The average Bonchev–Trinajstić information content (AvgIpc) is 2.37. The summed E-state index contributed by atoms with van der Waals surface area (Å²) in [6, 6.07) is 12.1. The van der Waals surface area contributed by atoms with Gasteiger partial charge in [0.2, 0.25) is 0 Å². The topological polar surface area (TPSA) is 33.0 Å². The largest absolute Gasteiger partial charge is 0.573 e. The zero-order valence-corrected chi connectivity index (χ0v) is 10.7. The number of alkyl halides is 3. The highest BCUT2D eigenvalue weighted by Crippen LogP contribution is 2.30. The van der Waals surface area contributed by atoms with Crippen molar-refractivity contribution in [1.29, 1.82) is 5.26 Å². The van der Waals surface area contributed by atoms with E-state index in [1.165, 1.54) is 12.1 Å². The minimum atomic E-state index is -4.80. The summed E-state index contributed by atoms with van der Waals surface area (Å²) in [7, 11) is 0. The lowest BCUT2D eigenvalue weighted by Gasteiger charge is -2.11. The first kappa shape index (κ1) is 14.2. The molecule has 0 aliphatic rings. The van der Waals surface area contributed by atoms with Gasteiger partial charge >= 0.3 is 6.36 Å². The smallest absolute Gasteiger partial charge is 0.406 e. The van der Waals surface area contributed by atoms with E-state index in [1.54, 1.807) is 30.3 Å². The monoisotopic (exact) mass is 297 g/mol. The molecule has 2 nitrogen and oxygen atoms in total. The molecule has 0 saturated carbocycles. The van der Waals surface area contributed by atoms with E-state index in [-0.39, 0.29) is 5.56 Å². The van der Waals surface area contributed by atoms with Gasteiger partial charge in [-0.15, -0.1) is 13.2 Å². The van der Waals surface area contributed by atoms with Gasteiger partial charge in [-0.05, 0) is 41.5 Å². The summed E-state index contributed by atoms with van der Waals surface area (Å²) in [6.45, 7) is 0. The van der Waals surface area contributed by atoms with E-state index in [0.29, 0.717) is 16.1 Å². The number of hydrogen-bond donors (Lipinski definition) is 0. The Morgan fingerprint density at radius 3 is 2.20 bits per heavy atom. The van der Waals surface area contributed by atoms with Crippen molar-refractivity contribution in [3.05, 3.63) is 53.1 Å². The molecule has 0 radical (unpaired) electrons. The summed E-state index contributed by atoms with van der Waals surface area (Å²) in [5, 5.41) is 9.38. The van der Waals surface area contributed by atoms with E-state index >= 15 is 0 Å². The first-order valence-corrected chi connectivity index (χ1v) is 5.82. The third-order valence-electron chi connectivity index (χ3n) is 2.45. The summed E-state index contributed by atoms with van der Waals surface area (Å²) >= 11 is 5.75. The molecule has 0 unspecified atom stereocenters. The van der Waals surface area contributed by atoms with Crippen LogP contribution in [-0.2, 0) is 0 Å². The molecular formula is C14H7ClF3NO. The molecule has 0 bridgehead atoms. The summed E-state index contributed by atoms with van der Waals surface area (Å²) < 4.78 is 40.6. The Kier molecular flexibility index (Phi) is 3.86. The Morgan fingerprint density at radius 1 is 1.00 bits per heavy atom. The van der Waals surface area contributed by atoms with Gasteiger partial charge in [-0.3, -0.25) is 0 Å². The number of nitriles is 1. The molecule has 2 aromatic carbocycles. The van der Waals surface area contributed by atoms with Gasteiger partial charge in [0.15, 0.2) is 0 Å². The molecular weight excluding hydrogens is 291 g/mol. The normalized spacial score (nSPS) is 10.9. The van der Waals surface area contributed by atoms with Gasteiger partial charge < -0.3 is 4.74 Å². The first-order valence-electron chi connectivity index (χ1n) is 5.44. The SMILES string of the molecule is N#Cc1cc(OC(F)(F)F)cc(-c2ccc(Cl)cc2)c1. The van der Waals surface area contributed by atoms with E-state index in [1.807, 2.05) is 0 Å². The molecule has 102 valence electrons. The Bertz CT molecular complexity index is 660. The average molecular weight is 298 g/mol. The number of ether oxygens (including phenoxy) is 1. The van der Waals surface area contributed by atoms with Gasteiger partial charge in [-0.25, -0.2) is 0 Å². The minimum Gasteiger partial charge on any atom is -0.406 e. The second-order valence-corrected chi connectivity index (χ2v) is 4.35. The fourth-order valence-corrected chi connectivity index (χ4v) is 1.79. The van der Waals surface area contributed by atoms with Crippen LogP contribution in [0, 0.1) is 11.3 Å². The van der Waals surface area contributed by atoms with E-state index in [0.717, 1.165) is 6.07 Å². The molecule has 0 aliphatic heterocycles. The number of benzene rings is 2. The van der Waals surface area contributed by atoms with Crippen molar-refractivity contribution in [2.24, 2.45) is 0 Å². The van der Waals surface area contributed by atoms with E-state index in [2.05, 4.69) is 4.74 Å². The van der Waals surface area contributed by atoms with E-state index in [4.69, 9.17) is 16.9 Å². The standard InChI is InChI=1S/C14H7ClF3NO/c15-12-3-1-10(2-4-12)11-5-9(8-19)6-13(7-11)20-14(16,17)18/h1-7H. The lowest BCUT2D eigenvalue weighted by atomic mass is 10.0. The maximum absolute atomic E-state index is 12.2. The summed E-state index contributed by atoms with van der Waals surface area (Å²) in [6.07, 6.45) is -4.80. The van der Waals surface area contributed by atoms with Crippen molar-refractivity contribution in [3.8, 4) is 22.9 Å².